The fraction of sp³-hybridized carbons (Fsp3) is 0.562. The van der Waals surface area contributed by atoms with Gasteiger partial charge in [-0.15, -0.1) is 0 Å². The molecule has 0 radical (unpaired) electrons. The molecule has 0 bridgehead atoms. The molecule has 2 aliphatic rings. The van der Waals surface area contributed by atoms with Crippen LogP contribution in [0, 0.1) is 0 Å². The van der Waals surface area contributed by atoms with Crippen LogP contribution in [0.15, 0.2) is 18.2 Å². The number of H-pyrrole nitrogens is 1. The number of hydrogen-bond acceptors (Lipinski definition) is 4. The van der Waals surface area contributed by atoms with Crippen molar-refractivity contribution >= 4 is 16.9 Å². The highest BCUT2D eigenvalue weighted by Gasteiger charge is 2.41. The maximum absolute atomic E-state index is 12.4. The van der Waals surface area contributed by atoms with Gasteiger partial charge in [0.2, 0.25) is 0 Å². The lowest BCUT2D eigenvalue weighted by Gasteiger charge is -2.32. The predicted octanol–water partition coefficient (Wildman–Crippen LogP) is 2.18. The molecule has 2 heterocycles. The molecule has 1 aromatic heterocycles. The molecule has 1 saturated carbocycles. The topological polar surface area (TPSA) is 79.9 Å². The molecule has 1 aliphatic heterocycles. The molecule has 1 saturated heterocycles. The SMILES string of the molecule is O=C(NC1COC2(CCCCC2)C1)c1ccc2n[nH]nc2c1. The molecule has 1 aromatic carbocycles. The van der Waals surface area contributed by atoms with Crippen molar-refractivity contribution in [1.82, 2.24) is 20.7 Å². The fourth-order valence-corrected chi connectivity index (χ4v) is 3.73. The van der Waals surface area contributed by atoms with Crippen molar-refractivity contribution in [3.8, 4) is 0 Å². The maximum Gasteiger partial charge on any atom is 0.251 e. The van der Waals surface area contributed by atoms with Crippen LogP contribution in [-0.2, 0) is 4.74 Å². The summed E-state index contributed by atoms with van der Waals surface area (Å²) in [6.07, 6.45) is 6.98. The molecule has 1 aliphatic carbocycles. The van der Waals surface area contributed by atoms with E-state index in [1.54, 1.807) is 12.1 Å². The van der Waals surface area contributed by atoms with Crippen molar-refractivity contribution < 1.29 is 9.53 Å². The molecular formula is C16H20N4O2. The molecule has 2 aromatic rings. The minimum Gasteiger partial charge on any atom is -0.373 e. The Morgan fingerprint density at radius 1 is 1.23 bits per heavy atom. The first-order valence-corrected chi connectivity index (χ1v) is 8.00. The molecule has 1 atom stereocenters. The molecule has 6 nitrogen and oxygen atoms in total. The number of carbonyl (C=O) groups is 1. The van der Waals surface area contributed by atoms with Gasteiger partial charge in [-0.2, -0.15) is 15.4 Å². The number of amides is 1. The van der Waals surface area contributed by atoms with E-state index in [0.717, 1.165) is 24.8 Å². The van der Waals surface area contributed by atoms with Crippen molar-refractivity contribution in [2.45, 2.75) is 50.2 Å². The second kappa shape index (κ2) is 5.35. The minimum absolute atomic E-state index is 0.0201. The highest BCUT2D eigenvalue weighted by Crippen LogP contribution is 2.39. The van der Waals surface area contributed by atoms with E-state index in [0.29, 0.717) is 17.7 Å². The number of nitrogens with one attached hydrogen (secondary N) is 2. The Kier molecular flexibility index (Phi) is 3.33. The zero-order valence-electron chi connectivity index (χ0n) is 12.5. The molecule has 2 fully saturated rings. The van der Waals surface area contributed by atoms with E-state index < -0.39 is 0 Å². The zero-order valence-corrected chi connectivity index (χ0v) is 12.5. The molecule has 22 heavy (non-hydrogen) atoms. The first-order chi connectivity index (χ1) is 10.7. The van der Waals surface area contributed by atoms with E-state index in [9.17, 15) is 4.79 Å². The van der Waals surface area contributed by atoms with E-state index in [1.807, 2.05) is 6.07 Å². The first-order valence-electron chi connectivity index (χ1n) is 8.00. The Hall–Kier alpha value is -1.95. The average Bonchev–Trinajstić information content (AvgIpc) is 3.15. The van der Waals surface area contributed by atoms with Gasteiger partial charge in [0.15, 0.2) is 0 Å². The smallest absolute Gasteiger partial charge is 0.251 e. The monoisotopic (exact) mass is 300 g/mol. The fourth-order valence-electron chi connectivity index (χ4n) is 3.73. The number of aromatic nitrogens is 3. The number of benzene rings is 1. The molecule has 2 N–H and O–H groups in total. The second-order valence-corrected chi connectivity index (χ2v) is 6.46. The summed E-state index contributed by atoms with van der Waals surface area (Å²) < 4.78 is 6.05. The Morgan fingerprint density at radius 2 is 2.05 bits per heavy atom. The average molecular weight is 300 g/mol. The summed E-state index contributed by atoms with van der Waals surface area (Å²) in [7, 11) is 0. The molecular weight excluding hydrogens is 280 g/mol. The third kappa shape index (κ3) is 2.47. The Balaban J connectivity index is 1.43. The highest BCUT2D eigenvalue weighted by molar-refractivity contribution is 5.97. The van der Waals surface area contributed by atoms with E-state index >= 15 is 0 Å². The van der Waals surface area contributed by atoms with Crippen LogP contribution in [0.2, 0.25) is 0 Å². The molecule has 1 unspecified atom stereocenters. The summed E-state index contributed by atoms with van der Waals surface area (Å²) >= 11 is 0. The van der Waals surface area contributed by atoms with E-state index in [1.165, 1.54) is 19.3 Å². The second-order valence-electron chi connectivity index (χ2n) is 6.46. The van der Waals surface area contributed by atoms with Crippen molar-refractivity contribution in [2.75, 3.05) is 6.61 Å². The third-order valence-electron chi connectivity index (χ3n) is 4.89. The predicted molar refractivity (Wildman–Crippen MR) is 81.5 cm³/mol. The van der Waals surface area contributed by atoms with Crippen molar-refractivity contribution in [3.63, 3.8) is 0 Å². The largest absolute Gasteiger partial charge is 0.373 e. The lowest BCUT2D eigenvalue weighted by Crippen LogP contribution is -2.37. The summed E-state index contributed by atoms with van der Waals surface area (Å²) in [4.78, 5) is 12.4. The zero-order chi connectivity index (χ0) is 15.0. The van der Waals surface area contributed by atoms with Gasteiger partial charge in [0.25, 0.3) is 5.91 Å². The van der Waals surface area contributed by atoms with Crippen LogP contribution < -0.4 is 5.32 Å². The minimum atomic E-state index is -0.0636. The highest BCUT2D eigenvalue weighted by atomic mass is 16.5. The van der Waals surface area contributed by atoms with Gasteiger partial charge in [0.1, 0.15) is 11.0 Å². The van der Waals surface area contributed by atoms with Gasteiger partial charge in [-0.1, -0.05) is 19.3 Å². The lowest BCUT2D eigenvalue weighted by molar-refractivity contribution is -0.0246. The van der Waals surface area contributed by atoms with Crippen LogP contribution in [0.5, 0.6) is 0 Å². The number of nitrogens with zero attached hydrogens (tertiary/aromatic N) is 2. The van der Waals surface area contributed by atoms with E-state index in [-0.39, 0.29) is 17.6 Å². The van der Waals surface area contributed by atoms with Crippen LogP contribution in [0.4, 0.5) is 0 Å². The van der Waals surface area contributed by atoms with Crippen LogP contribution >= 0.6 is 0 Å². The number of hydrogen-bond donors (Lipinski definition) is 2. The van der Waals surface area contributed by atoms with Gasteiger partial charge in [-0.3, -0.25) is 4.79 Å². The summed E-state index contributed by atoms with van der Waals surface area (Å²) in [5, 5.41) is 13.7. The van der Waals surface area contributed by atoms with Crippen molar-refractivity contribution in [3.05, 3.63) is 23.8 Å². The Bertz CT molecular complexity index is 690. The van der Waals surface area contributed by atoms with Crippen molar-refractivity contribution in [1.29, 1.82) is 0 Å². The van der Waals surface area contributed by atoms with Gasteiger partial charge < -0.3 is 10.1 Å². The summed E-state index contributed by atoms with van der Waals surface area (Å²) in [5.74, 6) is -0.0636. The standard InChI is InChI=1S/C16H20N4O2/c21-15(11-4-5-13-14(8-11)19-20-18-13)17-12-9-16(22-10-12)6-2-1-3-7-16/h4-5,8,12H,1-3,6-7,9-10H2,(H,17,21)(H,18,19,20). The third-order valence-corrected chi connectivity index (χ3v) is 4.89. The normalized spacial score (nSPS) is 23.9. The van der Waals surface area contributed by atoms with Crippen molar-refractivity contribution in [2.24, 2.45) is 0 Å². The quantitative estimate of drug-likeness (QED) is 0.891. The summed E-state index contributed by atoms with van der Waals surface area (Å²) in [5.41, 5.74) is 2.11. The lowest BCUT2D eigenvalue weighted by atomic mass is 9.82. The number of ether oxygens (including phenoxy) is 1. The van der Waals surface area contributed by atoms with Crippen LogP contribution in [0.25, 0.3) is 11.0 Å². The first kappa shape index (κ1) is 13.7. The van der Waals surface area contributed by atoms with Gasteiger partial charge in [0, 0.05) is 5.56 Å². The number of aromatic amines is 1. The summed E-state index contributed by atoms with van der Waals surface area (Å²) in [6.45, 7) is 0.623. The van der Waals surface area contributed by atoms with Gasteiger partial charge in [-0.05, 0) is 37.5 Å². The van der Waals surface area contributed by atoms with Gasteiger partial charge in [0.05, 0.1) is 18.2 Å². The Labute approximate surface area is 128 Å². The number of rotatable bonds is 2. The van der Waals surface area contributed by atoms with Gasteiger partial charge >= 0.3 is 0 Å². The Morgan fingerprint density at radius 3 is 2.91 bits per heavy atom. The maximum atomic E-state index is 12.4. The van der Waals surface area contributed by atoms with E-state index in [2.05, 4.69) is 20.7 Å². The number of fused-ring (bicyclic) bond motifs is 1. The van der Waals surface area contributed by atoms with Crippen LogP contribution in [0.3, 0.4) is 0 Å². The molecule has 1 amide bonds. The molecule has 6 heteroatoms. The molecule has 116 valence electrons. The number of carbonyl (C=O) groups excluding carboxylic acids is 1. The summed E-state index contributed by atoms with van der Waals surface area (Å²) in [6, 6.07) is 5.47. The van der Waals surface area contributed by atoms with Gasteiger partial charge in [-0.25, -0.2) is 0 Å². The van der Waals surface area contributed by atoms with Crippen LogP contribution in [0.1, 0.15) is 48.9 Å². The molecule has 4 rings (SSSR count). The van der Waals surface area contributed by atoms with Crippen LogP contribution in [-0.4, -0.2) is 39.6 Å². The van der Waals surface area contributed by atoms with E-state index in [4.69, 9.17) is 4.74 Å². The molecule has 1 spiro atoms.